The summed E-state index contributed by atoms with van der Waals surface area (Å²) >= 11 is 0. The van der Waals surface area contributed by atoms with E-state index in [2.05, 4.69) is 94.1 Å². The number of carbonyl (C=O) groups is 2. The summed E-state index contributed by atoms with van der Waals surface area (Å²) in [5.41, 5.74) is 14.3. The average Bonchev–Trinajstić information content (AvgIpc) is 3.80. The van der Waals surface area contributed by atoms with Crippen LogP contribution in [0.25, 0.3) is 6.08 Å². The van der Waals surface area contributed by atoms with Crippen molar-refractivity contribution in [3.63, 3.8) is 0 Å². The monoisotopic (exact) mass is 1020 g/mol. The number of phenols is 1. The minimum atomic E-state index is -0.304. The molecule has 11 unspecified atom stereocenters. The average molecular weight is 1020 g/mol. The Labute approximate surface area is 447 Å². The van der Waals surface area contributed by atoms with Gasteiger partial charge in [-0.1, -0.05) is 92.1 Å². The Kier molecular flexibility index (Phi) is 17.9. The van der Waals surface area contributed by atoms with Gasteiger partial charge in [-0.2, -0.15) is 0 Å². The molecule has 4 saturated carbocycles. The second-order valence-electron chi connectivity index (χ2n) is 24.2. The highest BCUT2D eigenvalue weighted by Crippen LogP contribution is 2.60. The molecule has 10 rings (SSSR count). The fraction of sp³-hybridized carbons (Fsp3) is 0.569. The molecule has 402 valence electrons. The van der Waals surface area contributed by atoms with Gasteiger partial charge < -0.3 is 42.0 Å². The van der Waals surface area contributed by atoms with Crippen LogP contribution >= 0.6 is 0 Å². The van der Waals surface area contributed by atoms with Gasteiger partial charge in [0.15, 0.2) is 17.3 Å². The molecule has 10 heteroatoms. The van der Waals surface area contributed by atoms with Gasteiger partial charge in [0.2, 0.25) is 0 Å². The number of piperidine rings is 1. The number of aromatic hydroxyl groups is 1. The molecule has 0 aromatic heterocycles. The van der Waals surface area contributed by atoms with Crippen molar-refractivity contribution in [1.82, 2.24) is 21.3 Å². The number of hydrogen-bond donors (Lipinski definition) is 7. The van der Waals surface area contributed by atoms with Crippen LogP contribution in [0.3, 0.4) is 0 Å². The second kappa shape index (κ2) is 25.1. The summed E-state index contributed by atoms with van der Waals surface area (Å²) in [4.78, 5) is 27.9. The van der Waals surface area contributed by atoms with Crippen molar-refractivity contribution < 1.29 is 24.5 Å². The van der Waals surface area contributed by atoms with Crippen LogP contribution < -0.4 is 31.7 Å². The highest BCUT2D eigenvalue weighted by Gasteiger charge is 2.55. The summed E-state index contributed by atoms with van der Waals surface area (Å²) < 4.78 is 5.55. The molecule has 7 aliphatic rings. The van der Waals surface area contributed by atoms with E-state index in [1.165, 1.54) is 62.3 Å². The number of phenolic OH excluding ortho intramolecular Hbond substituents is 1. The molecular formula is C65H87N5O5. The van der Waals surface area contributed by atoms with Crippen molar-refractivity contribution in [3.8, 4) is 11.5 Å². The van der Waals surface area contributed by atoms with E-state index in [1.54, 1.807) is 24.3 Å². The van der Waals surface area contributed by atoms with Crippen molar-refractivity contribution in [2.24, 2.45) is 52.6 Å². The smallest absolute Gasteiger partial charge is 0.163 e. The Hall–Kier alpha value is -4.84. The summed E-state index contributed by atoms with van der Waals surface area (Å²) in [6.45, 7) is 3.85. The molecule has 8 N–H and O–H groups in total. The Morgan fingerprint density at radius 2 is 1.71 bits per heavy atom. The predicted octanol–water partition coefficient (Wildman–Crippen LogP) is 9.87. The van der Waals surface area contributed by atoms with Gasteiger partial charge >= 0.3 is 0 Å². The zero-order valence-corrected chi connectivity index (χ0v) is 44.8. The molecule has 1 saturated heterocycles. The summed E-state index contributed by atoms with van der Waals surface area (Å²) in [6.07, 6.45) is 31.3. The van der Waals surface area contributed by atoms with Gasteiger partial charge in [0.05, 0.1) is 25.8 Å². The van der Waals surface area contributed by atoms with Gasteiger partial charge in [0, 0.05) is 37.8 Å². The molecule has 3 aromatic carbocycles. The molecule has 11 atom stereocenters. The van der Waals surface area contributed by atoms with Crippen molar-refractivity contribution in [2.45, 2.75) is 153 Å². The summed E-state index contributed by atoms with van der Waals surface area (Å²) in [5.74, 6) is 4.02. The van der Waals surface area contributed by atoms with Crippen molar-refractivity contribution >= 4 is 17.6 Å². The molecule has 0 bridgehead atoms. The molecule has 0 spiro atoms. The Bertz CT molecular complexity index is 2550. The molecule has 3 heterocycles. The van der Waals surface area contributed by atoms with Crippen LogP contribution in [0.5, 0.6) is 11.5 Å². The number of ether oxygens (including phenoxy) is 1. The number of nitrogens with one attached hydrogen (secondary N) is 4. The lowest BCUT2D eigenvalue weighted by Crippen LogP contribution is -2.57. The minimum absolute atomic E-state index is 0.0246. The third kappa shape index (κ3) is 13.5. The molecule has 0 radical (unpaired) electrons. The van der Waals surface area contributed by atoms with Crippen LogP contribution in [0.1, 0.15) is 131 Å². The van der Waals surface area contributed by atoms with Gasteiger partial charge in [-0.25, -0.2) is 0 Å². The van der Waals surface area contributed by atoms with E-state index in [1.807, 2.05) is 6.20 Å². The third-order valence-electron chi connectivity index (χ3n) is 19.3. The van der Waals surface area contributed by atoms with Crippen molar-refractivity contribution in [1.29, 1.82) is 0 Å². The van der Waals surface area contributed by atoms with E-state index in [0.717, 1.165) is 113 Å². The molecule has 75 heavy (non-hydrogen) atoms. The number of allylic oxidation sites excluding steroid dienone is 3. The van der Waals surface area contributed by atoms with Crippen molar-refractivity contribution in [2.75, 3.05) is 33.3 Å². The van der Waals surface area contributed by atoms with Gasteiger partial charge in [0.1, 0.15) is 5.78 Å². The summed E-state index contributed by atoms with van der Waals surface area (Å²) in [5, 5.41) is 37.4. The van der Waals surface area contributed by atoms with E-state index < -0.39 is 0 Å². The number of carbonyl (C=O) groups excluding carboxylic acids is 2. The van der Waals surface area contributed by atoms with E-state index in [4.69, 9.17) is 10.5 Å². The van der Waals surface area contributed by atoms with Crippen LogP contribution in [0.15, 0.2) is 108 Å². The fourth-order valence-electron chi connectivity index (χ4n) is 15.7. The molecule has 10 nitrogen and oxygen atoms in total. The maximum atomic E-state index is 14.1. The number of rotatable bonds is 21. The highest BCUT2D eigenvalue weighted by molar-refractivity contribution is 6.06. The van der Waals surface area contributed by atoms with Crippen LogP contribution in [0.4, 0.5) is 0 Å². The van der Waals surface area contributed by atoms with E-state index in [0.29, 0.717) is 72.7 Å². The zero-order chi connectivity index (χ0) is 51.7. The maximum Gasteiger partial charge on any atom is 0.163 e. The maximum absolute atomic E-state index is 14.1. The third-order valence-corrected chi connectivity index (χ3v) is 19.3. The van der Waals surface area contributed by atoms with E-state index >= 15 is 0 Å². The molecule has 5 fully saturated rings. The highest BCUT2D eigenvalue weighted by atomic mass is 16.5. The first-order valence-electron chi connectivity index (χ1n) is 29.3. The fourth-order valence-corrected chi connectivity index (χ4v) is 15.7. The van der Waals surface area contributed by atoms with E-state index in [-0.39, 0.29) is 47.3 Å². The van der Waals surface area contributed by atoms with Gasteiger partial charge in [-0.15, -0.1) is 0 Å². The first kappa shape index (κ1) is 53.6. The molecule has 0 amide bonds. The lowest BCUT2D eigenvalue weighted by atomic mass is 9.54. The first-order chi connectivity index (χ1) is 36.6. The Balaban J connectivity index is 0.793. The lowest BCUT2D eigenvalue weighted by molar-refractivity contribution is -0.126. The normalized spacial score (nSPS) is 30.1. The predicted molar refractivity (Wildman–Crippen MR) is 301 cm³/mol. The van der Waals surface area contributed by atoms with Gasteiger partial charge in [0.25, 0.3) is 0 Å². The van der Waals surface area contributed by atoms with Crippen LogP contribution in [0.2, 0.25) is 0 Å². The largest absolute Gasteiger partial charge is 0.504 e. The number of ketones is 2. The molecule has 3 aliphatic heterocycles. The number of aryl methyl sites for hydroxylation is 3. The molecule has 4 aliphatic carbocycles. The van der Waals surface area contributed by atoms with Crippen molar-refractivity contribution in [3.05, 3.63) is 136 Å². The topological polar surface area (TPSA) is 158 Å². The number of methoxy groups -OCH3 is 1. The standard InChI is InChI=1S/C65H87N5O5/c1-75-62-33-48(51(32-60(62)73)31-52-41-70-63(66)34-49(52)21-19-45-13-8-12-44(28-45)18-17-43-10-4-2-5-11-43)22-24-56(71)36-57(72)29-46-20-23-54-35-55(69-42-61(74)47-14-6-3-7-15-47)38-65(54,37-46)39-59-58-25-27-67-40-53(58)30-50-16-9-26-68-64(50)59/h2,4-5,8-13,16,22,24,28,32-34,41,46-47,50,53-55,58-59,61,63-64,67-70,73-74H,3,6-7,14-15,17-21,23,25-27,29-31,35-40,42,66H2,1H3. The number of fused-ring (bicyclic) bond motifs is 3. The summed E-state index contributed by atoms with van der Waals surface area (Å²) in [6, 6.07) is 23.9. The number of benzene rings is 3. The number of hydrogen-bond acceptors (Lipinski definition) is 10. The lowest BCUT2D eigenvalue weighted by Gasteiger charge is -2.54. The SMILES string of the molecule is COc1cc(C=CC(=O)CC(=O)CC2CCC3CC(NCC(O)C4CCCCC4)CC3(CC3C4CCNCC4CC4C=CCNC43)C2)c(CC2=CNC(N)C=C2CCc2cccc(CCc3ccccc3)c2)cc1O. The molecule has 3 aromatic rings. The number of aliphatic hydroxyl groups excluding tert-OH is 1. The van der Waals surface area contributed by atoms with E-state index in [9.17, 15) is 19.8 Å². The zero-order valence-electron chi connectivity index (χ0n) is 44.8. The minimum Gasteiger partial charge on any atom is -0.504 e. The quantitative estimate of drug-likeness (QED) is 0.0311. The number of aliphatic hydroxyl groups is 1. The summed E-state index contributed by atoms with van der Waals surface area (Å²) in [7, 11) is 1.53. The van der Waals surface area contributed by atoms with Gasteiger partial charge in [-0.3, -0.25) is 9.59 Å². The van der Waals surface area contributed by atoms with Gasteiger partial charge in [-0.05, 0) is 219 Å². The van der Waals surface area contributed by atoms with Crippen LogP contribution in [0, 0.1) is 46.8 Å². The van der Waals surface area contributed by atoms with Crippen LogP contribution in [-0.2, 0) is 35.3 Å². The number of dihydropyridines is 1. The Morgan fingerprint density at radius 1 is 0.907 bits per heavy atom. The first-order valence-corrected chi connectivity index (χ1v) is 29.3. The number of nitrogens with two attached hydrogens (primary N) is 1. The van der Waals surface area contributed by atoms with Crippen LogP contribution in [-0.4, -0.2) is 79.4 Å². The second-order valence-corrected chi connectivity index (χ2v) is 24.2. The molecular weight excluding hydrogens is 931 g/mol. The Morgan fingerprint density at radius 3 is 2.53 bits per heavy atom. The number of Topliss-reactive ketones (excluding diaryl/α,β-unsaturated/α-hetero) is 1.